The van der Waals surface area contributed by atoms with Crippen LogP contribution in [0.5, 0.6) is 5.75 Å². The SMILES string of the molecule is OC[C@H]1CCN(CCCOc2ccccc2)C1. The lowest BCUT2D eigenvalue weighted by atomic mass is 10.1. The largest absolute Gasteiger partial charge is 0.494 e. The summed E-state index contributed by atoms with van der Waals surface area (Å²) in [6, 6.07) is 9.94. The van der Waals surface area contributed by atoms with Crippen molar-refractivity contribution >= 4 is 0 Å². The molecule has 94 valence electrons. The molecule has 1 N–H and O–H groups in total. The van der Waals surface area contributed by atoms with Crippen LogP contribution >= 0.6 is 0 Å². The predicted molar refractivity (Wildman–Crippen MR) is 68.2 cm³/mol. The van der Waals surface area contributed by atoms with Gasteiger partial charge in [-0.1, -0.05) is 18.2 Å². The lowest BCUT2D eigenvalue weighted by molar-refractivity contribution is 0.215. The molecule has 1 saturated heterocycles. The van der Waals surface area contributed by atoms with E-state index in [0.717, 1.165) is 44.8 Å². The van der Waals surface area contributed by atoms with E-state index in [1.54, 1.807) is 0 Å². The molecule has 0 radical (unpaired) electrons. The van der Waals surface area contributed by atoms with Crippen LogP contribution in [-0.4, -0.2) is 42.9 Å². The highest BCUT2D eigenvalue weighted by atomic mass is 16.5. The molecule has 0 aliphatic carbocycles. The highest BCUT2D eigenvalue weighted by molar-refractivity contribution is 5.20. The van der Waals surface area contributed by atoms with E-state index in [-0.39, 0.29) is 0 Å². The van der Waals surface area contributed by atoms with Crippen LogP contribution < -0.4 is 4.74 Å². The Bertz CT molecular complexity index is 315. The van der Waals surface area contributed by atoms with E-state index in [2.05, 4.69) is 4.90 Å². The summed E-state index contributed by atoms with van der Waals surface area (Å²) in [4.78, 5) is 2.41. The summed E-state index contributed by atoms with van der Waals surface area (Å²) in [7, 11) is 0. The van der Waals surface area contributed by atoms with Gasteiger partial charge in [0, 0.05) is 19.7 Å². The van der Waals surface area contributed by atoms with Crippen molar-refractivity contribution in [2.75, 3.05) is 32.8 Å². The monoisotopic (exact) mass is 235 g/mol. The van der Waals surface area contributed by atoms with Gasteiger partial charge in [0.25, 0.3) is 0 Å². The fourth-order valence-electron chi connectivity index (χ4n) is 2.26. The zero-order valence-electron chi connectivity index (χ0n) is 10.2. The third kappa shape index (κ3) is 4.02. The molecule has 0 spiro atoms. The third-order valence-electron chi connectivity index (χ3n) is 3.26. The summed E-state index contributed by atoms with van der Waals surface area (Å²) in [5.74, 6) is 1.44. The first-order valence-corrected chi connectivity index (χ1v) is 6.39. The summed E-state index contributed by atoms with van der Waals surface area (Å²) in [6.45, 7) is 4.34. The van der Waals surface area contributed by atoms with Crippen LogP contribution in [0.1, 0.15) is 12.8 Å². The van der Waals surface area contributed by atoms with Gasteiger partial charge in [-0.15, -0.1) is 0 Å². The van der Waals surface area contributed by atoms with Crippen LogP contribution in [-0.2, 0) is 0 Å². The van der Waals surface area contributed by atoms with Gasteiger partial charge in [0.2, 0.25) is 0 Å². The van der Waals surface area contributed by atoms with Gasteiger partial charge in [0.1, 0.15) is 5.75 Å². The van der Waals surface area contributed by atoms with Crippen molar-refractivity contribution in [1.29, 1.82) is 0 Å². The number of hydrogen-bond donors (Lipinski definition) is 1. The summed E-state index contributed by atoms with van der Waals surface area (Å²) < 4.78 is 5.64. The molecule has 1 aromatic rings. The molecule has 0 unspecified atom stereocenters. The van der Waals surface area contributed by atoms with Crippen LogP contribution in [0.2, 0.25) is 0 Å². The molecule has 17 heavy (non-hydrogen) atoms. The van der Waals surface area contributed by atoms with Gasteiger partial charge in [0.15, 0.2) is 0 Å². The molecule has 1 aliphatic rings. The van der Waals surface area contributed by atoms with Crippen molar-refractivity contribution in [2.24, 2.45) is 5.92 Å². The first-order valence-electron chi connectivity index (χ1n) is 6.39. The fourth-order valence-corrected chi connectivity index (χ4v) is 2.26. The molecule has 3 nitrogen and oxygen atoms in total. The number of benzene rings is 1. The van der Waals surface area contributed by atoms with E-state index in [4.69, 9.17) is 9.84 Å². The molecule has 1 aromatic carbocycles. The Labute approximate surface area is 103 Å². The minimum Gasteiger partial charge on any atom is -0.494 e. The minimum absolute atomic E-state index is 0.330. The zero-order valence-corrected chi connectivity index (χ0v) is 10.2. The first-order chi connectivity index (χ1) is 8.38. The van der Waals surface area contributed by atoms with Crippen LogP contribution in [0.3, 0.4) is 0 Å². The van der Waals surface area contributed by atoms with Crippen molar-refractivity contribution in [3.05, 3.63) is 30.3 Å². The van der Waals surface area contributed by atoms with Crippen LogP contribution in [0.25, 0.3) is 0 Å². The first kappa shape index (κ1) is 12.4. The molecule has 2 rings (SSSR count). The number of hydrogen-bond acceptors (Lipinski definition) is 3. The summed E-state index contributed by atoms with van der Waals surface area (Å²) in [5.41, 5.74) is 0. The Morgan fingerprint density at radius 2 is 2.12 bits per heavy atom. The molecule has 0 aromatic heterocycles. The quantitative estimate of drug-likeness (QED) is 0.763. The summed E-state index contributed by atoms with van der Waals surface area (Å²) in [5, 5.41) is 9.05. The number of para-hydroxylation sites is 1. The van der Waals surface area contributed by atoms with E-state index >= 15 is 0 Å². The highest BCUT2D eigenvalue weighted by Gasteiger charge is 2.20. The molecule has 1 heterocycles. The van der Waals surface area contributed by atoms with Gasteiger partial charge in [0.05, 0.1) is 6.61 Å². The Kier molecular flexibility index (Phi) is 4.83. The summed E-state index contributed by atoms with van der Waals surface area (Å²) in [6.07, 6.45) is 2.18. The van der Waals surface area contributed by atoms with Gasteiger partial charge < -0.3 is 14.7 Å². The molecule has 3 heteroatoms. The molecule has 0 bridgehead atoms. The van der Waals surface area contributed by atoms with E-state index in [0.29, 0.717) is 12.5 Å². The average molecular weight is 235 g/mol. The maximum atomic E-state index is 9.05. The predicted octanol–water partition coefficient (Wildman–Crippen LogP) is 1.77. The van der Waals surface area contributed by atoms with E-state index in [1.165, 1.54) is 0 Å². The van der Waals surface area contributed by atoms with Crippen molar-refractivity contribution in [1.82, 2.24) is 4.90 Å². The number of ether oxygens (including phenoxy) is 1. The van der Waals surface area contributed by atoms with Crippen molar-refractivity contribution < 1.29 is 9.84 Å². The van der Waals surface area contributed by atoms with E-state index < -0.39 is 0 Å². The third-order valence-corrected chi connectivity index (χ3v) is 3.26. The van der Waals surface area contributed by atoms with Crippen molar-refractivity contribution in [3.63, 3.8) is 0 Å². The highest BCUT2D eigenvalue weighted by Crippen LogP contribution is 2.15. The van der Waals surface area contributed by atoms with Crippen molar-refractivity contribution in [3.8, 4) is 5.75 Å². The Balaban J connectivity index is 1.58. The summed E-state index contributed by atoms with van der Waals surface area (Å²) >= 11 is 0. The average Bonchev–Trinajstić information content (AvgIpc) is 2.84. The standard InChI is InChI=1S/C14H21NO2/c16-12-13-7-9-15(11-13)8-4-10-17-14-5-2-1-3-6-14/h1-3,5-6,13,16H,4,7-12H2/t13-/m0/s1. The second kappa shape index (κ2) is 6.62. The fraction of sp³-hybridized carbons (Fsp3) is 0.571. The Hall–Kier alpha value is -1.06. The van der Waals surface area contributed by atoms with E-state index in [9.17, 15) is 0 Å². The van der Waals surface area contributed by atoms with Gasteiger partial charge in [-0.05, 0) is 37.4 Å². The molecule has 0 amide bonds. The maximum Gasteiger partial charge on any atom is 0.119 e. The number of rotatable bonds is 6. The van der Waals surface area contributed by atoms with Gasteiger partial charge in [-0.2, -0.15) is 0 Å². The molecular weight excluding hydrogens is 214 g/mol. The smallest absolute Gasteiger partial charge is 0.119 e. The number of nitrogens with zero attached hydrogens (tertiary/aromatic N) is 1. The lowest BCUT2D eigenvalue weighted by Gasteiger charge is -2.15. The van der Waals surface area contributed by atoms with Gasteiger partial charge in [-0.25, -0.2) is 0 Å². The second-order valence-electron chi connectivity index (χ2n) is 4.65. The van der Waals surface area contributed by atoms with Crippen LogP contribution in [0.4, 0.5) is 0 Å². The molecule has 1 atom stereocenters. The van der Waals surface area contributed by atoms with Crippen molar-refractivity contribution in [2.45, 2.75) is 12.8 Å². The molecule has 1 aliphatic heterocycles. The van der Waals surface area contributed by atoms with Gasteiger partial charge >= 0.3 is 0 Å². The lowest BCUT2D eigenvalue weighted by Crippen LogP contribution is -2.24. The topological polar surface area (TPSA) is 32.7 Å². The molecule has 1 fully saturated rings. The number of aliphatic hydroxyl groups excluding tert-OH is 1. The van der Waals surface area contributed by atoms with E-state index in [1.807, 2.05) is 30.3 Å². The van der Waals surface area contributed by atoms with Crippen LogP contribution in [0, 0.1) is 5.92 Å². The van der Waals surface area contributed by atoms with Crippen LogP contribution in [0.15, 0.2) is 30.3 Å². The Morgan fingerprint density at radius 3 is 2.82 bits per heavy atom. The molecular formula is C14H21NO2. The minimum atomic E-state index is 0.330. The Morgan fingerprint density at radius 1 is 1.29 bits per heavy atom. The van der Waals surface area contributed by atoms with Gasteiger partial charge in [-0.3, -0.25) is 0 Å². The normalized spacial score (nSPS) is 20.6. The number of aliphatic hydroxyl groups is 1. The number of likely N-dealkylation sites (tertiary alicyclic amines) is 1. The molecule has 0 saturated carbocycles. The second-order valence-corrected chi connectivity index (χ2v) is 4.65. The zero-order chi connectivity index (χ0) is 11.9. The maximum absolute atomic E-state index is 9.05.